The number of nitrogens with one attached hydrogen (secondary N) is 1. The van der Waals surface area contributed by atoms with Crippen molar-refractivity contribution in [3.05, 3.63) is 65.7 Å². The Morgan fingerprint density at radius 2 is 1.86 bits per heavy atom. The SMILES string of the molecule is CN1N=C2CCN(C(=O)[C@@H](CCOc3ccc(F)c(F)c3)NC(=O)C(C)(C)OC(N)=O)C[C@@]2(Cc2ccccc2)C1=O. The molecule has 0 aromatic heterocycles. The Kier molecular flexibility index (Phi) is 8.78. The fourth-order valence-corrected chi connectivity index (χ4v) is 5.18. The summed E-state index contributed by atoms with van der Waals surface area (Å²) in [4.78, 5) is 53.3. The van der Waals surface area contributed by atoms with E-state index in [1.165, 1.54) is 29.8 Å². The van der Waals surface area contributed by atoms with Gasteiger partial charge in [0.05, 0.1) is 12.3 Å². The highest BCUT2D eigenvalue weighted by atomic mass is 19.2. The molecule has 1 fully saturated rings. The second-order valence-electron chi connectivity index (χ2n) is 10.8. The van der Waals surface area contributed by atoms with Gasteiger partial charge in [0, 0.05) is 39.0 Å². The Morgan fingerprint density at radius 3 is 2.52 bits per heavy atom. The van der Waals surface area contributed by atoms with E-state index in [0.29, 0.717) is 18.6 Å². The number of carbonyl (C=O) groups excluding carboxylic acids is 4. The number of primary amides is 1. The summed E-state index contributed by atoms with van der Waals surface area (Å²) in [6.45, 7) is 2.75. The summed E-state index contributed by atoms with van der Waals surface area (Å²) in [5.74, 6) is -3.63. The summed E-state index contributed by atoms with van der Waals surface area (Å²) in [5, 5.41) is 8.36. The van der Waals surface area contributed by atoms with Gasteiger partial charge in [0.1, 0.15) is 17.2 Å². The molecule has 2 aliphatic rings. The van der Waals surface area contributed by atoms with Crippen molar-refractivity contribution in [3.63, 3.8) is 0 Å². The average Bonchev–Trinajstić information content (AvgIpc) is 3.18. The van der Waals surface area contributed by atoms with Gasteiger partial charge in [-0.25, -0.2) is 18.6 Å². The minimum atomic E-state index is -1.70. The normalized spacial score (nSPS) is 19.1. The largest absolute Gasteiger partial charge is 0.493 e. The molecule has 4 rings (SSSR count). The number of likely N-dealkylation sites (tertiary alicyclic amines) is 1. The lowest BCUT2D eigenvalue weighted by atomic mass is 9.73. The highest BCUT2D eigenvalue weighted by molar-refractivity contribution is 6.13. The Balaban J connectivity index is 1.56. The summed E-state index contributed by atoms with van der Waals surface area (Å²) in [7, 11) is 1.58. The minimum Gasteiger partial charge on any atom is -0.493 e. The van der Waals surface area contributed by atoms with Gasteiger partial charge in [0.15, 0.2) is 17.2 Å². The van der Waals surface area contributed by atoms with Gasteiger partial charge in [0.25, 0.3) is 11.8 Å². The molecule has 11 nitrogen and oxygen atoms in total. The van der Waals surface area contributed by atoms with Crippen LogP contribution in [0, 0.1) is 17.0 Å². The smallest absolute Gasteiger partial charge is 0.405 e. The topological polar surface area (TPSA) is 144 Å². The van der Waals surface area contributed by atoms with E-state index >= 15 is 0 Å². The number of hydrogen-bond donors (Lipinski definition) is 2. The molecule has 2 aromatic rings. The first kappa shape index (κ1) is 30.4. The molecule has 2 atom stereocenters. The second kappa shape index (κ2) is 12.1. The van der Waals surface area contributed by atoms with E-state index in [0.717, 1.165) is 17.7 Å². The van der Waals surface area contributed by atoms with E-state index in [-0.39, 0.29) is 37.8 Å². The molecule has 42 heavy (non-hydrogen) atoms. The van der Waals surface area contributed by atoms with Crippen LogP contribution in [-0.4, -0.2) is 77.8 Å². The van der Waals surface area contributed by atoms with Crippen LogP contribution in [0.2, 0.25) is 0 Å². The number of carbonyl (C=O) groups is 4. The fourth-order valence-electron chi connectivity index (χ4n) is 5.18. The Morgan fingerprint density at radius 1 is 1.14 bits per heavy atom. The van der Waals surface area contributed by atoms with Gasteiger partial charge >= 0.3 is 6.09 Å². The van der Waals surface area contributed by atoms with Gasteiger partial charge in [-0.15, -0.1) is 0 Å². The van der Waals surface area contributed by atoms with Crippen molar-refractivity contribution in [2.45, 2.75) is 44.8 Å². The van der Waals surface area contributed by atoms with Crippen LogP contribution in [0.5, 0.6) is 5.75 Å². The molecule has 0 radical (unpaired) electrons. The van der Waals surface area contributed by atoms with Crippen molar-refractivity contribution >= 4 is 29.5 Å². The molecule has 0 bridgehead atoms. The molecule has 4 amide bonds. The molecule has 1 saturated heterocycles. The predicted molar refractivity (Wildman–Crippen MR) is 147 cm³/mol. The number of rotatable bonds is 10. The summed E-state index contributed by atoms with van der Waals surface area (Å²) >= 11 is 0. The highest BCUT2D eigenvalue weighted by Crippen LogP contribution is 2.38. The number of hydrogen-bond acceptors (Lipinski definition) is 7. The lowest BCUT2D eigenvalue weighted by molar-refractivity contribution is -0.145. The van der Waals surface area contributed by atoms with Gasteiger partial charge in [-0.2, -0.15) is 5.10 Å². The molecule has 0 aliphatic carbocycles. The van der Waals surface area contributed by atoms with Crippen LogP contribution in [0.25, 0.3) is 0 Å². The molecule has 0 unspecified atom stereocenters. The third kappa shape index (κ3) is 6.50. The van der Waals surface area contributed by atoms with Crippen LogP contribution in [0.4, 0.5) is 13.6 Å². The maximum Gasteiger partial charge on any atom is 0.405 e. The standard InChI is InChI=1S/C29H33F2N5O6/c1-28(2,42-27(32)40)25(38)33-22(12-14-41-19-9-10-20(30)21(31)15-19)24(37)36-13-11-23-29(17-36,26(39)35(3)34-23)16-18-7-5-4-6-8-18/h4-10,15,22H,11-14,16-17H2,1-3H3,(H2,32,40)(H,33,38)/t22-,29-/m1/s1. The number of ether oxygens (including phenoxy) is 2. The van der Waals surface area contributed by atoms with Crippen LogP contribution in [-0.2, 0) is 25.5 Å². The van der Waals surface area contributed by atoms with E-state index in [1.54, 1.807) is 7.05 Å². The maximum absolute atomic E-state index is 13.9. The molecule has 2 aliphatic heterocycles. The summed E-state index contributed by atoms with van der Waals surface area (Å²) < 4.78 is 37.4. The van der Waals surface area contributed by atoms with Crippen LogP contribution in [0.3, 0.4) is 0 Å². The Bertz CT molecular complexity index is 1400. The average molecular weight is 586 g/mol. The van der Waals surface area contributed by atoms with Crippen LogP contribution < -0.4 is 15.8 Å². The lowest BCUT2D eigenvalue weighted by Crippen LogP contribution is -2.60. The number of benzene rings is 2. The monoisotopic (exact) mass is 585 g/mol. The van der Waals surface area contributed by atoms with Crippen LogP contribution >= 0.6 is 0 Å². The first-order valence-electron chi connectivity index (χ1n) is 13.4. The molecule has 2 aromatic carbocycles. The maximum atomic E-state index is 13.9. The minimum absolute atomic E-state index is 0.0281. The lowest BCUT2D eigenvalue weighted by Gasteiger charge is -2.41. The van der Waals surface area contributed by atoms with Crippen molar-refractivity contribution < 1.29 is 37.4 Å². The van der Waals surface area contributed by atoms with Gasteiger partial charge in [-0.3, -0.25) is 14.4 Å². The number of nitrogens with two attached hydrogens (primary N) is 1. The number of nitrogens with zero attached hydrogens (tertiary/aromatic N) is 3. The van der Waals surface area contributed by atoms with E-state index in [4.69, 9.17) is 15.2 Å². The van der Waals surface area contributed by atoms with E-state index in [1.807, 2.05) is 30.3 Å². The van der Waals surface area contributed by atoms with Gasteiger partial charge in [-0.05, 0) is 38.0 Å². The Hall–Kier alpha value is -4.55. The third-order valence-electron chi connectivity index (χ3n) is 7.34. The van der Waals surface area contributed by atoms with Crippen molar-refractivity contribution in [2.75, 3.05) is 26.7 Å². The predicted octanol–water partition coefficient (Wildman–Crippen LogP) is 2.38. The first-order valence-corrected chi connectivity index (χ1v) is 13.4. The van der Waals surface area contributed by atoms with Crippen molar-refractivity contribution in [1.82, 2.24) is 15.2 Å². The molecular weight excluding hydrogens is 552 g/mol. The van der Waals surface area contributed by atoms with Crippen LogP contribution in [0.15, 0.2) is 53.6 Å². The zero-order valence-electron chi connectivity index (χ0n) is 23.6. The molecular formula is C29H33F2N5O6. The molecule has 3 N–H and O–H groups in total. The van der Waals surface area contributed by atoms with Crippen molar-refractivity contribution in [3.8, 4) is 5.75 Å². The molecule has 0 spiro atoms. The zero-order valence-corrected chi connectivity index (χ0v) is 23.6. The number of fused-ring (bicyclic) bond motifs is 1. The Labute approximate surface area is 241 Å². The molecule has 2 heterocycles. The number of halogens is 2. The quantitative estimate of drug-likeness (QED) is 0.438. The van der Waals surface area contributed by atoms with Crippen LogP contribution in [0.1, 0.15) is 32.3 Å². The van der Waals surface area contributed by atoms with Crippen molar-refractivity contribution in [1.29, 1.82) is 0 Å². The zero-order chi connectivity index (χ0) is 30.7. The fraction of sp³-hybridized carbons (Fsp3) is 0.414. The first-order chi connectivity index (χ1) is 19.8. The number of piperidine rings is 1. The summed E-state index contributed by atoms with van der Waals surface area (Å²) in [6, 6.07) is 11.2. The second-order valence-corrected chi connectivity index (χ2v) is 10.8. The number of hydrazone groups is 1. The summed E-state index contributed by atoms with van der Waals surface area (Å²) in [6.07, 6.45) is -0.575. The summed E-state index contributed by atoms with van der Waals surface area (Å²) in [5.41, 5.74) is 3.91. The van der Waals surface area contributed by atoms with E-state index in [9.17, 15) is 28.0 Å². The van der Waals surface area contributed by atoms with Gasteiger partial charge in [-0.1, -0.05) is 30.3 Å². The molecule has 0 saturated carbocycles. The van der Waals surface area contributed by atoms with E-state index < -0.39 is 46.6 Å². The third-order valence-corrected chi connectivity index (χ3v) is 7.34. The molecule has 224 valence electrons. The highest BCUT2D eigenvalue weighted by Gasteiger charge is 2.54. The van der Waals surface area contributed by atoms with E-state index in [2.05, 4.69) is 10.4 Å². The molecule has 13 heteroatoms. The van der Waals surface area contributed by atoms with Crippen molar-refractivity contribution in [2.24, 2.45) is 16.3 Å². The number of amides is 4. The van der Waals surface area contributed by atoms with Gasteiger partial charge in [0.2, 0.25) is 5.91 Å². The van der Waals surface area contributed by atoms with Gasteiger partial charge < -0.3 is 25.4 Å².